The zero-order valence-corrected chi connectivity index (χ0v) is 9.65. The summed E-state index contributed by atoms with van der Waals surface area (Å²) in [6.45, 7) is 2.10. The summed E-state index contributed by atoms with van der Waals surface area (Å²) in [5.74, 6) is 0. The molecule has 0 saturated carbocycles. The molecule has 2 aromatic rings. The molecular weight excluding hydrogens is 212 g/mol. The summed E-state index contributed by atoms with van der Waals surface area (Å²) < 4.78 is 0. The summed E-state index contributed by atoms with van der Waals surface area (Å²) in [6, 6.07) is 3.97. The van der Waals surface area contributed by atoms with Crippen molar-refractivity contribution >= 4 is 23.1 Å². The first-order chi connectivity index (χ1) is 6.81. The molecule has 4 heteroatoms. The normalized spacial score (nSPS) is 10.4. The molecule has 0 aliphatic heterocycles. The molecule has 0 saturated heterocycles. The van der Waals surface area contributed by atoms with Gasteiger partial charge in [0.15, 0.2) is 0 Å². The molecular formula is C10H10N2S2. The highest BCUT2D eigenvalue weighted by molar-refractivity contribution is 7.98. The fraction of sp³-hybridized carbons (Fsp3) is 0.200. The summed E-state index contributed by atoms with van der Waals surface area (Å²) in [5.41, 5.74) is 1.10. The first kappa shape index (κ1) is 9.68. The van der Waals surface area contributed by atoms with E-state index in [2.05, 4.69) is 23.1 Å². The summed E-state index contributed by atoms with van der Waals surface area (Å²) in [5, 5.41) is 2.17. The molecule has 2 nitrogen and oxygen atoms in total. The van der Waals surface area contributed by atoms with Gasteiger partial charge in [0, 0.05) is 22.8 Å². The molecule has 0 fully saturated rings. The van der Waals surface area contributed by atoms with Crippen molar-refractivity contribution in [3.8, 4) is 10.6 Å². The van der Waals surface area contributed by atoms with Crippen LogP contribution in [0.5, 0.6) is 0 Å². The summed E-state index contributed by atoms with van der Waals surface area (Å²) in [4.78, 5) is 9.90. The SMILES string of the molecule is CSc1nc(-c2cccnc2)sc1C. The maximum absolute atomic E-state index is 4.54. The average molecular weight is 222 g/mol. The van der Waals surface area contributed by atoms with Crippen molar-refractivity contribution in [2.75, 3.05) is 6.26 Å². The quantitative estimate of drug-likeness (QED) is 0.730. The molecule has 2 heterocycles. The zero-order valence-electron chi connectivity index (χ0n) is 8.02. The lowest BCUT2D eigenvalue weighted by molar-refractivity contribution is 1.16. The van der Waals surface area contributed by atoms with Crippen molar-refractivity contribution in [3.05, 3.63) is 29.4 Å². The third-order valence-corrected chi connectivity index (χ3v) is 3.79. The van der Waals surface area contributed by atoms with Crippen LogP contribution in [-0.4, -0.2) is 16.2 Å². The van der Waals surface area contributed by atoms with E-state index in [4.69, 9.17) is 0 Å². The smallest absolute Gasteiger partial charge is 0.126 e. The van der Waals surface area contributed by atoms with Crippen LogP contribution < -0.4 is 0 Å². The minimum Gasteiger partial charge on any atom is -0.264 e. The lowest BCUT2D eigenvalue weighted by Crippen LogP contribution is -1.77. The topological polar surface area (TPSA) is 25.8 Å². The standard InChI is InChI=1S/C10H10N2S2/c1-7-9(13-2)12-10(14-7)8-4-3-5-11-6-8/h3-6H,1-2H3. The van der Waals surface area contributed by atoms with Crippen molar-refractivity contribution in [2.24, 2.45) is 0 Å². The number of thioether (sulfide) groups is 1. The van der Waals surface area contributed by atoms with Crippen LogP contribution in [0, 0.1) is 6.92 Å². The number of hydrogen-bond acceptors (Lipinski definition) is 4. The van der Waals surface area contributed by atoms with Crippen LogP contribution in [0.1, 0.15) is 4.88 Å². The van der Waals surface area contributed by atoms with E-state index in [-0.39, 0.29) is 0 Å². The van der Waals surface area contributed by atoms with E-state index in [1.165, 1.54) is 4.88 Å². The van der Waals surface area contributed by atoms with Gasteiger partial charge in [-0.15, -0.1) is 23.1 Å². The van der Waals surface area contributed by atoms with E-state index >= 15 is 0 Å². The molecule has 0 aliphatic carbocycles. The number of nitrogens with zero attached hydrogens (tertiary/aromatic N) is 2. The Kier molecular flexibility index (Phi) is 2.84. The Morgan fingerprint density at radius 2 is 2.29 bits per heavy atom. The Bertz CT molecular complexity index is 423. The van der Waals surface area contributed by atoms with Gasteiger partial charge in [0.05, 0.1) is 0 Å². The van der Waals surface area contributed by atoms with Gasteiger partial charge in [-0.25, -0.2) is 4.98 Å². The second-order valence-electron chi connectivity index (χ2n) is 2.83. The van der Waals surface area contributed by atoms with E-state index in [1.807, 2.05) is 18.3 Å². The van der Waals surface area contributed by atoms with Crippen LogP contribution in [-0.2, 0) is 0 Å². The van der Waals surface area contributed by atoms with Crippen molar-refractivity contribution in [3.63, 3.8) is 0 Å². The molecule has 0 aliphatic rings. The minimum absolute atomic E-state index is 1.06. The molecule has 72 valence electrons. The number of pyridine rings is 1. The van der Waals surface area contributed by atoms with Gasteiger partial charge >= 0.3 is 0 Å². The maximum atomic E-state index is 4.54. The van der Waals surface area contributed by atoms with Gasteiger partial charge in [-0.2, -0.15) is 0 Å². The third-order valence-electron chi connectivity index (χ3n) is 1.86. The van der Waals surface area contributed by atoms with Crippen LogP contribution in [0.25, 0.3) is 10.6 Å². The van der Waals surface area contributed by atoms with E-state index in [0.29, 0.717) is 0 Å². The van der Waals surface area contributed by atoms with Crippen LogP contribution in [0.3, 0.4) is 0 Å². The summed E-state index contributed by atoms with van der Waals surface area (Å²) in [7, 11) is 0. The molecule has 0 amide bonds. The Hall–Kier alpha value is -0.870. The fourth-order valence-corrected chi connectivity index (χ4v) is 2.89. The molecule has 14 heavy (non-hydrogen) atoms. The monoisotopic (exact) mass is 222 g/mol. The summed E-state index contributed by atoms with van der Waals surface area (Å²) in [6.07, 6.45) is 5.68. The average Bonchev–Trinajstić information content (AvgIpc) is 2.61. The van der Waals surface area contributed by atoms with Gasteiger partial charge in [-0.05, 0) is 25.3 Å². The number of thiazole rings is 1. The van der Waals surface area contributed by atoms with Crippen LogP contribution >= 0.6 is 23.1 Å². The minimum atomic E-state index is 1.06. The predicted molar refractivity (Wildman–Crippen MR) is 61.9 cm³/mol. The second kappa shape index (κ2) is 4.11. The predicted octanol–water partition coefficient (Wildman–Crippen LogP) is 3.24. The Morgan fingerprint density at radius 3 is 2.86 bits per heavy atom. The van der Waals surface area contributed by atoms with E-state index in [9.17, 15) is 0 Å². The van der Waals surface area contributed by atoms with Crippen LogP contribution in [0.2, 0.25) is 0 Å². The maximum Gasteiger partial charge on any atom is 0.126 e. The molecule has 0 atom stereocenters. The zero-order chi connectivity index (χ0) is 9.97. The molecule has 0 unspecified atom stereocenters. The van der Waals surface area contributed by atoms with Gasteiger partial charge < -0.3 is 0 Å². The first-order valence-corrected chi connectivity index (χ1v) is 6.27. The van der Waals surface area contributed by atoms with Crippen molar-refractivity contribution in [2.45, 2.75) is 11.9 Å². The van der Waals surface area contributed by atoms with Crippen LogP contribution in [0.15, 0.2) is 29.6 Å². The second-order valence-corrected chi connectivity index (χ2v) is 4.82. The number of aromatic nitrogens is 2. The number of hydrogen-bond donors (Lipinski definition) is 0. The van der Waals surface area contributed by atoms with Gasteiger partial charge in [0.2, 0.25) is 0 Å². The Balaban J connectivity index is 2.43. The van der Waals surface area contributed by atoms with Gasteiger partial charge in [0.25, 0.3) is 0 Å². The van der Waals surface area contributed by atoms with Crippen molar-refractivity contribution < 1.29 is 0 Å². The number of rotatable bonds is 2. The van der Waals surface area contributed by atoms with E-state index < -0.39 is 0 Å². The molecule has 2 aromatic heterocycles. The van der Waals surface area contributed by atoms with Crippen molar-refractivity contribution in [1.29, 1.82) is 0 Å². The van der Waals surface area contributed by atoms with Gasteiger partial charge in [-0.1, -0.05) is 0 Å². The Labute approximate surface area is 91.4 Å². The van der Waals surface area contributed by atoms with Gasteiger partial charge in [-0.3, -0.25) is 4.98 Å². The molecule has 0 spiro atoms. The highest BCUT2D eigenvalue weighted by Gasteiger charge is 2.07. The molecule has 2 rings (SSSR count). The third kappa shape index (κ3) is 1.81. The van der Waals surface area contributed by atoms with Crippen LogP contribution in [0.4, 0.5) is 0 Å². The first-order valence-electron chi connectivity index (χ1n) is 4.23. The van der Waals surface area contributed by atoms with E-state index in [0.717, 1.165) is 15.6 Å². The van der Waals surface area contributed by atoms with E-state index in [1.54, 1.807) is 29.3 Å². The fourth-order valence-electron chi connectivity index (χ4n) is 1.18. The van der Waals surface area contributed by atoms with Gasteiger partial charge in [0.1, 0.15) is 10.0 Å². The molecule has 0 aromatic carbocycles. The Morgan fingerprint density at radius 1 is 1.43 bits per heavy atom. The largest absolute Gasteiger partial charge is 0.264 e. The lowest BCUT2D eigenvalue weighted by atomic mass is 10.3. The van der Waals surface area contributed by atoms with Crippen molar-refractivity contribution in [1.82, 2.24) is 9.97 Å². The summed E-state index contributed by atoms with van der Waals surface area (Å²) >= 11 is 3.41. The molecule has 0 bridgehead atoms. The highest BCUT2D eigenvalue weighted by Crippen LogP contribution is 2.31. The number of aryl methyl sites for hydroxylation is 1. The molecule has 0 N–H and O–H groups in total. The molecule has 0 radical (unpaired) electrons. The highest BCUT2D eigenvalue weighted by atomic mass is 32.2. The lowest BCUT2D eigenvalue weighted by Gasteiger charge is -1.92.